The Balaban J connectivity index is 2.54. The molecule has 1 rings (SSSR count). The number of nitrogens with one attached hydrogen (secondary N) is 2. The van der Waals surface area contributed by atoms with E-state index in [1.165, 1.54) is 6.42 Å². The molecule has 15 heavy (non-hydrogen) atoms. The van der Waals surface area contributed by atoms with Gasteiger partial charge >= 0.3 is 0 Å². The molecule has 4 heteroatoms. The summed E-state index contributed by atoms with van der Waals surface area (Å²) in [6, 6.07) is -0.236. The predicted octanol–water partition coefficient (Wildman–Crippen LogP) is 0.406. The van der Waals surface area contributed by atoms with E-state index in [9.17, 15) is 9.90 Å². The van der Waals surface area contributed by atoms with Crippen molar-refractivity contribution in [2.45, 2.75) is 50.6 Å². The molecule has 1 saturated carbocycles. The van der Waals surface area contributed by atoms with Crippen molar-refractivity contribution in [3.63, 3.8) is 0 Å². The molecule has 1 fully saturated rings. The predicted molar refractivity (Wildman–Crippen MR) is 59.6 cm³/mol. The maximum Gasteiger partial charge on any atom is 0.236 e. The second-order valence-corrected chi connectivity index (χ2v) is 4.48. The van der Waals surface area contributed by atoms with Gasteiger partial charge in [0.15, 0.2) is 0 Å². The average Bonchev–Trinajstić information content (AvgIpc) is 2.29. The number of rotatable bonds is 4. The molecular weight excluding hydrogens is 192 g/mol. The number of hydrogen-bond acceptors (Lipinski definition) is 3. The standard InChI is InChI=1S/C11H22N2O2/c1-9(10(15)12-2)13-11(8-14)6-4-3-5-7-11/h9,13-14H,3-8H2,1-2H3,(H,12,15). The first kappa shape index (κ1) is 12.5. The van der Waals surface area contributed by atoms with Crippen LogP contribution in [0, 0.1) is 0 Å². The van der Waals surface area contributed by atoms with Crippen LogP contribution in [0.3, 0.4) is 0 Å². The van der Waals surface area contributed by atoms with Crippen LogP contribution in [0.25, 0.3) is 0 Å². The van der Waals surface area contributed by atoms with Crippen LogP contribution in [0.1, 0.15) is 39.0 Å². The Morgan fingerprint density at radius 3 is 2.47 bits per heavy atom. The summed E-state index contributed by atoms with van der Waals surface area (Å²) in [4.78, 5) is 11.4. The lowest BCUT2D eigenvalue weighted by Crippen LogP contribution is -2.57. The SMILES string of the molecule is CNC(=O)C(C)NC1(CO)CCCCC1. The van der Waals surface area contributed by atoms with E-state index in [-0.39, 0.29) is 24.1 Å². The monoisotopic (exact) mass is 214 g/mol. The number of carbonyl (C=O) groups excluding carboxylic acids is 1. The summed E-state index contributed by atoms with van der Waals surface area (Å²) in [5.41, 5.74) is -0.232. The first-order valence-electron chi connectivity index (χ1n) is 5.74. The van der Waals surface area contributed by atoms with Gasteiger partial charge in [-0.15, -0.1) is 0 Å². The summed E-state index contributed by atoms with van der Waals surface area (Å²) in [5, 5.41) is 15.3. The molecule has 1 unspecified atom stereocenters. The summed E-state index contributed by atoms with van der Waals surface area (Å²) >= 11 is 0. The van der Waals surface area contributed by atoms with E-state index >= 15 is 0 Å². The molecule has 1 aliphatic carbocycles. The van der Waals surface area contributed by atoms with Crippen molar-refractivity contribution in [3.05, 3.63) is 0 Å². The highest BCUT2D eigenvalue weighted by atomic mass is 16.3. The molecule has 4 nitrogen and oxygen atoms in total. The third-order valence-corrected chi connectivity index (χ3v) is 3.28. The quantitative estimate of drug-likeness (QED) is 0.635. The first-order valence-corrected chi connectivity index (χ1v) is 5.74. The van der Waals surface area contributed by atoms with Gasteiger partial charge in [-0.25, -0.2) is 0 Å². The van der Waals surface area contributed by atoms with Gasteiger partial charge in [-0.3, -0.25) is 10.1 Å². The van der Waals surface area contributed by atoms with Crippen LogP contribution in [0.4, 0.5) is 0 Å². The first-order chi connectivity index (χ1) is 7.13. The van der Waals surface area contributed by atoms with Crippen molar-refractivity contribution < 1.29 is 9.90 Å². The minimum Gasteiger partial charge on any atom is -0.394 e. The number of aliphatic hydroxyl groups is 1. The Kier molecular flexibility index (Phi) is 4.54. The van der Waals surface area contributed by atoms with Crippen LogP contribution in [-0.2, 0) is 4.79 Å². The van der Waals surface area contributed by atoms with Gasteiger partial charge in [-0.05, 0) is 19.8 Å². The Hall–Kier alpha value is -0.610. The summed E-state index contributed by atoms with van der Waals surface area (Å²) in [6.45, 7) is 1.96. The van der Waals surface area contributed by atoms with Crippen molar-refractivity contribution in [2.24, 2.45) is 0 Å². The lowest BCUT2D eigenvalue weighted by atomic mass is 9.82. The fourth-order valence-corrected chi connectivity index (χ4v) is 2.32. The second-order valence-electron chi connectivity index (χ2n) is 4.48. The number of aliphatic hydroxyl groups excluding tert-OH is 1. The Bertz CT molecular complexity index is 213. The zero-order chi connectivity index (χ0) is 11.3. The fraction of sp³-hybridized carbons (Fsp3) is 0.909. The van der Waals surface area contributed by atoms with Crippen LogP contribution < -0.4 is 10.6 Å². The summed E-state index contributed by atoms with van der Waals surface area (Å²) < 4.78 is 0. The molecule has 0 aromatic heterocycles. The number of likely N-dealkylation sites (N-methyl/N-ethyl adjacent to an activating group) is 1. The highest BCUT2D eigenvalue weighted by Crippen LogP contribution is 2.28. The van der Waals surface area contributed by atoms with Crippen LogP contribution in [0.5, 0.6) is 0 Å². The van der Waals surface area contributed by atoms with E-state index in [0.717, 1.165) is 25.7 Å². The molecule has 1 aliphatic rings. The minimum absolute atomic E-state index is 0.0200. The topological polar surface area (TPSA) is 61.4 Å². The number of carbonyl (C=O) groups is 1. The molecule has 0 aromatic rings. The van der Waals surface area contributed by atoms with Crippen molar-refractivity contribution in [1.82, 2.24) is 10.6 Å². The van der Waals surface area contributed by atoms with Gasteiger partial charge in [-0.1, -0.05) is 19.3 Å². The van der Waals surface area contributed by atoms with Crippen molar-refractivity contribution in [3.8, 4) is 0 Å². The van der Waals surface area contributed by atoms with Gasteiger partial charge in [0.05, 0.1) is 12.6 Å². The molecule has 0 saturated heterocycles. The zero-order valence-corrected chi connectivity index (χ0v) is 9.68. The van der Waals surface area contributed by atoms with Crippen LogP contribution in [0.2, 0.25) is 0 Å². The maximum atomic E-state index is 11.4. The molecule has 0 bridgehead atoms. The highest BCUT2D eigenvalue weighted by Gasteiger charge is 2.33. The van der Waals surface area contributed by atoms with E-state index in [1.807, 2.05) is 6.92 Å². The van der Waals surface area contributed by atoms with E-state index in [0.29, 0.717) is 0 Å². The summed E-state index contributed by atoms with van der Waals surface area (Å²) in [6.07, 6.45) is 5.43. The molecular formula is C11H22N2O2. The maximum absolute atomic E-state index is 11.4. The van der Waals surface area contributed by atoms with Gasteiger partial charge in [0, 0.05) is 12.6 Å². The normalized spacial score (nSPS) is 22.1. The number of hydrogen-bond donors (Lipinski definition) is 3. The van der Waals surface area contributed by atoms with Crippen LogP contribution in [0.15, 0.2) is 0 Å². The van der Waals surface area contributed by atoms with Gasteiger partial charge in [0.1, 0.15) is 0 Å². The fourth-order valence-electron chi connectivity index (χ4n) is 2.32. The average molecular weight is 214 g/mol. The van der Waals surface area contributed by atoms with Gasteiger partial charge in [-0.2, -0.15) is 0 Å². The Morgan fingerprint density at radius 2 is 2.00 bits per heavy atom. The van der Waals surface area contributed by atoms with Crippen molar-refractivity contribution in [2.75, 3.05) is 13.7 Å². The summed E-state index contributed by atoms with van der Waals surface area (Å²) in [5.74, 6) is -0.0200. The van der Waals surface area contributed by atoms with E-state index in [4.69, 9.17) is 0 Å². The molecule has 88 valence electrons. The van der Waals surface area contributed by atoms with Crippen LogP contribution in [-0.4, -0.2) is 36.2 Å². The Labute approximate surface area is 91.4 Å². The van der Waals surface area contributed by atoms with E-state index in [1.54, 1.807) is 7.05 Å². The highest BCUT2D eigenvalue weighted by molar-refractivity contribution is 5.81. The van der Waals surface area contributed by atoms with Crippen molar-refractivity contribution >= 4 is 5.91 Å². The molecule has 0 spiro atoms. The second kappa shape index (κ2) is 5.47. The summed E-state index contributed by atoms with van der Waals surface area (Å²) in [7, 11) is 1.63. The third-order valence-electron chi connectivity index (χ3n) is 3.28. The van der Waals surface area contributed by atoms with E-state index in [2.05, 4.69) is 10.6 Å². The van der Waals surface area contributed by atoms with Gasteiger partial charge in [0.25, 0.3) is 0 Å². The molecule has 0 radical (unpaired) electrons. The Morgan fingerprint density at radius 1 is 1.40 bits per heavy atom. The molecule has 1 amide bonds. The zero-order valence-electron chi connectivity index (χ0n) is 9.68. The molecule has 0 heterocycles. The third kappa shape index (κ3) is 3.18. The smallest absolute Gasteiger partial charge is 0.236 e. The lowest BCUT2D eigenvalue weighted by molar-refractivity contribution is -0.123. The molecule has 1 atom stereocenters. The van der Waals surface area contributed by atoms with Crippen molar-refractivity contribution in [1.29, 1.82) is 0 Å². The minimum atomic E-state index is -0.236. The molecule has 3 N–H and O–H groups in total. The van der Waals surface area contributed by atoms with Gasteiger partial charge in [0.2, 0.25) is 5.91 Å². The number of amides is 1. The van der Waals surface area contributed by atoms with E-state index < -0.39 is 0 Å². The molecule has 0 aromatic carbocycles. The largest absolute Gasteiger partial charge is 0.394 e. The van der Waals surface area contributed by atoms with Gasteiger partial charge < -0.3 is 10.4 Å². The molecule has 0 aliphatic heterocycles. The van der Waals surface area contributed by atoms with Crippen LogP contribution >= 0.6 is 0 Å². The lowest BCUT2D eigenvalue weighted by Gasteiger charge is -2.38.